The molecule has 0 saturated heterocycles. The van der Waals surface area contributed by atoms with Crippen LogP contribution < -0.4 is 16.8 Å². The number of guanidine groups is 2. The van der Waals surface area contributed by atoms with Gasteiger partial charge in [-0.25, -0.2) is 0 Å². The van der Waals surface area contributed by atoms with Crippen molar-refractivity contribution in [1.29, 1.82) is 10.8 Å². The third-order valence-corrected chi connectivity index (χ3v) is 0.875. The number of nitrogens with zero attached hydrogens (tertiary/aromatic N) is 1. The third kappa shape index (κ3) is 12.8. The van der Waals surface area contributed by atoms with Crippen LogP contribution in [0.1, 0.15) is 0 Å². The van der Waals surface area contributed by atoms with Crippen molar-refractivity contribution in [2.45, 2.75) is 0 Å². The van der Waals surface area contributed by atoms with Gasteiger partial charge in [0.25, 0.3) is 0 Å². The lowest BCUT2D eigenvalue weighted by Gasteiger charge is -2.13. The molecule has 0 amide bonds. The molecule has 0 spiro atoms. The molecule has 8 nitrogen and oxygen atoms in total. The van der Waals surface area contributed by atoms with Crippen molar-refractivity contribution >= 4 is 17.9 Å². The van der Waals surface area contributed by atoms with Crippen LogP contribution in [0, 0.1) is 10.8 Å². The lowest BCUT2D eigenvalue weighted by molar-refractivity contribution is -0.135. The second kappa shape index (κ2) is 7.80. The minimum absolute atomic E-state index is 0.113. The molecule has 8 heteroatoms. The summed E-state index contributed by atoms with van der Waals surface area (Å²) in [5, 5.41) is 23.7. The van der Waals surface area contributed by atoms with Gasteiger partial charge in [-0.05, 0) is 0 Å². The molecule has 0 aliphatic heterocycles. The van der Waals surface area contributed by atoms with Crippen molar-refractivity contribution in [2.75, 3.05) is 20.6 Å². The zero-order chi connectivity index (χ0) is 11.7. The van der Waals surface area contributed by atoms with E-state index in [1.165, 1.54) is 4.90 Å². The Hall–Kier alpha value is -1.83. The predicted molar refractivity (Wildman–Crippen MR) is 53.2 cm³/mol. The second-order valence-corrected chi connectivity index (χ2v) is 2.38. The maximum Gasteiger partial charge on any atom is 0.317 e. The van der Waals surface area contributed by atoms with Crippen LogP contribution in [0.2, 0.25) is 0 Å². The van der Waals surface area contributed by atoms with Gasteiger partial charge < -0.3 is 21.5 Å². The fourth-order valence-corrected chi connectivity index (χ4v) is 0.239. The lowest BCUT2D eigenvalue weighted by atomic mass is 10.7. The molecular formula is C6H16N6O2. The first-order valence-electron chi connectivity index (χ1n) is 3.60. The van der Waals surface area contributed by atoms with E-state index in [0.717, 1.165) is 0 Å². The van der Waals surface area contributed by atoms with Crippen molar-refractivity contribution in [3.8, 4) is 0 Å². The Kier molecular flexibility index (Phi) is 8.18. The van der Waals surface area contributed by atoms with Gasteiger partial charge in [-0.2, -0.15) is 0 Å². The van der Waals surface area contributed by atoms with Crippen molar-refractivity contribution in [3.05, 3.63) is 0 Å². The Morgan fingerprint density at radius 2 is 1.86 bits per heavy atom. The Bertz CT molecular complexity index is 214. The number of carboxylic acid groups (broad SMARTS) is 1. The quantitative estimate of drug-likeness (QED) is 0.214. The summed E-state index contributed by atoms with van der Waals surface area (Å²) in [4.78, 5) is 10.8. The molecule has 0 aromatic carbocycles. The summed E-state index contributed by atoms with van der Waals surface area (Å²) >= 11 is 0. The molecule has 0 aliphatic rings. The topological polar surface area (TPSA) is 152 Å². The molecule has 0 radical (unpaired) electrons. The zero-order valence-electron chi connectivity index (χ0n) is 8.16. The number of rotatable bonds is 1. The van der Waals surface area contributed by atoms with Gasteiger partial charge in [0, 0.05) is 14.1 Å². The van der Waals surface area contributed by atoms with Gasteiger partial charge in [0.15, 0.2) is 11.9 Å². The molecule has 0 aromatic rings. The number of carboxylic acids is 1. The lowest BCUT2D eigenvalue weighted by Crippen LogP contribution is -2.42. The predicted octanol–water partition coefficient (Wildman–Crippen LogP) is -2.00. The van der Waals surface area contributed by atoms with Crippen molar-refractivity contribution in [1.82, 2.24) is 10.2 Å². The maximum absolute atomic E-state index is 9.24. The van der Waals surface area contributed by atoms with Gasteiger partial charge in [0.05, 0.1) is 6.54 Å². The van der Waals surface area contributed by atoms with E-state index in [9.17, 15) is 4.79 Å². The number of nitrogens with two attached hydrogens (primary N) is 2. The van der Waals surface area contributed by atoms with Gasteiger partial charge in [0.2, 0.25) is 0 Å². The Labute approximate surface area is 81.9 Å². The van der Waals surface area contributed by atoms with Crippen LogP contribution in [-0.4, -0.2) is 48.5 Å². The van der Waals surface area contributed by atoms with Gasteiger partial charge in [-0.3, -0.25) is 20.9 Å². The smallest absolute Gasteiger partial charge is 0.317 e. The molecule has 0 bridgehead atoms. The van der Waals surface area contributed by atoms with Crippen LogP contribution >= 0.6 is 0 Å². The first kappa shape index (κ1) is 14.7. The molecule has 0 heterocycles. The summed E-state index contributed by atoms with van der Waals surface area (Å²) in [6.07, 6.45) is 0. The number of hydrogen-bond donors (Lipinski definition) is 6. The first-order valence-corrected chi connectivity index (χ1v) is 3.60. The highest BCUT2D eigenvalue weighted by molar-refractivity contribution is 5.94. The highest BCUT2D eigenvalue weighted by Gasteiger charge is 1.96. The molecule has 0 unspecified atom stereocenters. The number of aliphatic carboxylic acids is 1. The van der Waals surface area contributed by atoms with E-state index in [4.69, 9.17) is 21.7 Å². The van der Waals surface area contributed by atoms with Gasteiger partial charge in [-0.15, -0.1) is 0 Å². The summed E-state index contributed by atoms with van der Waals surface area (Å²) < 4.78 is 0. The molecule has 8 N–H and O–H groups in total. The van der Waals surface area contributed by atoms with Gasteiger partial charge >= 0.3 is 5.97 Å². The molecule has 0 aromatic heterocycles. The number of carbonyl (C=O) groups is 1. The molecule has 0 fully saturated rings. The molecule has 82 valence electrons. The summed E-state index contributed by atoms with van der Waals surface area (Å²) in [5.41, 5.74) is 9.51. The van der Waals surface area contributed by atoms with Crippen LogP contribution in [0.5, 0.6) is 0 Å². The summed E-state index contributed by atoms with van der Waals surface area (Å²) in [5.74, 6) is -1.07. The standard InChI is InChI=1S/C4H11N5.C2H5NO2/c1-9(2)4(7)8-3(5)6;3-1-2(4)5/h1-2H3,(H5,5,6,7,8);1,3H2,(H,4,5). The highest BCUT2D eigenvalue weighted by Crippen LogP contribution is 1.70. The Morgan fingerprint density at radius 3 is 1.93 bits per heavy atom. The van der Waals surface area contributed by atoms with E-state index < -0.39 is 5.97 Å². The van der Waals surface area contributed by atoms with Gasteiger partial charge in [0.1, 0.15) is 0 Å². The molecule has 0 atom stereocenters. The fraction of sp³-hybridized carbons (Fsp3) is 0.500. The largest absolute Gasteiger partial charge is 0.480 e. The van der Waals surface area contributed by atoms with Crippen LogP contribution in [0.25, 0.3) is 0 Å². The fourth-order valence-electron chi connectivity index (χ4n) is 0.239. The summed E-state index contributed by atoms with van der Waals surface area (Å²) in [7, 11) is 3.39. The zero-order valence-corrected chi connectivity index (χ0v) is 8.16. The average molecular weight is 204 g/mol. The van der Waals surface area contributed by atoms with E-state index in [2.05, 4.69) is 11.1 Å². The normalized spacial score (nSPS) is 7.93. The minimum Gasteiger partial charge on any atom is -0.480 e. The first-order chi connectivity index (χ1) is 6.31. The second-order valence-electron chi connectivity index (χ2n) is 2.38. The third-order valence-electron chi connectivity index (χ3n) is 0.875. The summed E-state index contributed by atoms with van der Waals surface area (Å²) in [6.45, 7) is -0.278. The molecule has 14 heavy (non-hydrogen) atoms. The van der Waals surface area contributed by atoms with Crippen LogP contribution in [0.15, 0.2) is 0 Å². The van der Waals surface area contributed by atoms with Crippen molar-refractivity contribution in [2.24, 2.45) is 11.5 Å². The average Bonchev–Trinajstić information content (AvgIpc) is 2.04. The molecule has 0 saturated carbocycles. The van der Waals surface area contributed by atoms with Crippen LogP contribution in [0.4, 0.5) is 0 Å². The highest BCUT2D eigenvalue weighted by atomic mass is 16.4. The minimum atomic E-state index is -0.968. The number of nitrogens with one attached hydrogen (secondary N) is 3. The Morgan fingerprint density at radius 1 is 1.50 bits per heavy atom. The van der Waals surface area contributed by atoms with E-state index in [0.29, 0.717) is 0 Å². The Balaban J connectivity index is 0. The van der Waals surface area contributed by atoms with E-state index in [1.807, 2.05) is 0 Å². The molecular weight excluding hydrogens is 188 g/mol. The monoisotopic (exact) mass is 204 g/mol. The maximum atomic E-state index is 9.24. The van der Waals surface area contributed by atoms with Crippen molar-refractivity contribution < 1.29 is 9.90 Å². The molecule has 0 rings (SSSR count). The van der Waals surface area contributed by atoms with E-state index >= 15 is 0 Å². The summed E-state index contributed by atoms with van der Waals surface area (Å²) in [6, 6.07) is 0. The number of hydrogen-bond acceptors (Lipinski definition) is 4. The van der Waals surface area contributed by atoms with Gasteiger partial charge in [-0.1, -0.05) is 0 Å². The van der Waals surface area contributed by atoms with E-state index in [1.54, 1.807) is 14.1 Å². The van der Waals surface area contributed by atoms with Crippen LogP contribution in [0.3, 0.4) is 0 Å². The SMILES string of the molecule is CN(C)C(=N)NC(=N)N.NCC(=O)O. The molecule has 0 aliphatic carbocycles. The van der Waals surface area contributed by atoms with Crippen LogP contribution in [-0.2, 0) is 4.79 Å². The van der Waals surface area contributed by atoms with Crippen molar-refractivity contribution in [3.63, 3.8) is 0 Å². The van der Waals surface area contributed by atoms with E-state index in [-0.39, 0.29) is 18.5 Å².